The summed E-state index contributed by atoms with van der Waals surface area (Å²) < 4.78 is 5.09. The average molecular weight is 221 g/mol. The largest absolute Gasteiger partial charge is 0.377 e. The van der Waals surface area contributed by atoms with Crippen LogP contribution in [0.3, 0.4) is 0 Å². The molecule has 88 valence electrons. The molecule has 0 aromatic carbocycles. The summed E-state index contributed by atoms with van der Waals surface area (Å²) in [6, 6.07) is 2.06. The van der Waals surface area contributed by atoms with E-state index in [2.05, 4.69) is 21.4 Å². The number of nitrogens with one attached hydrogen (secondary N) is 1. The molecular formula is C12H19N3O. The van der Waals surface area contributed by atoms with Gasteiger partial charge in [0.1, 0.15) is 12.4 Å². The molecule has 4 heteroatoms. The summed E-state index contributed by atoms with van der Waals surface area (Å²) in [5, 5.41) is 3.08. The van der Waals surface area contributed by atoms with Crippen molar-refractivity contribution in [2.45, 2.75) is 38.2 Å². The van der Waals surface area contributed by atoms with Gasteiger partial charge >= 0.3 is 0 Å². The quantitative estimate of drug-likeness (QED) is 0.847. The second-order valence-corrected chi connectivity index (χ2v) is 4.26. The minimum Gasteiger partial charge on any atom is -0.377 e. The Morgan fingerprint density at radius 1 is 1.38 bits per heavy atom. The first-order chi connectivity index (χ1) is 7.83. The van der Waals surface area contributed by atoms with Crippen LogP contribution in [0.2, 0.25) is 0 Å². The Balaban J connectivity index is 2.24. The van der Waals surface area contributed by atoms with Gasteiger partial charge in [-0.2, -0.15) is 0 Å². The molecule has 0 bridgehead atoms. The van der Waals surface area contributed by atoms with Crippen LogP contribution in [0, 0.1) is 0 Å². The van der Waals surface area contributed by atoms with E-state index in [0.29, 0.717) is 12.5 Å². The van der Waals surface area contributed by atoms with Crippen molar-refractivity contribution in [1.82, 2.24) is 9.97 Å². The Bertz CT molecular complexity index is 348. The van der Waals surface area contributed by atoms with Crippen LogP contribution in [-0.4, -0.2) is 24.1 Å². The van der Waals surface area contributed by atoms with Gasteiger partial charge < -0.3 is 10.1 Å². The maximum atomic E-state index is 5.09. The first-order valence-corrected chi connectivity index (χ1v) is 5.88. The molecule has 1 aromatic rings. The zero-order valence-corrected chi connectivity index (χ0v) is 9.99. The van der Waals surface area contributed by atoms with E-state index in [-0.39, 0.29) is 0 Å². The highest BCUT2D eigenvalue weighted by Gasteiger charge is 2.19. The van der Waals surface area contributed by atoms with Gasteiger partial charge in [-0.15, -0.1) is 0 Å². The molecule has 0 saturated heterocycles. The summed E-state index contributed by atoms with van der Waals surface area (Å²) in [5.74, 6) is 2.28. The van der Waals surface area contributed by atoms with Crippen molar-refractivity contribution >= 4 is 5.82 Å². The van der Waals surface area contributed by atoms with E-state index in [1.165, 1.54) is 31.4 Å². The average Bonchev–Trinajstić information content (AvgIpc) is 2.82. The van der Waals surface area contributed by atoms with Crippen LogP contribution in [0.1, 0.15) is 43.1 Å². The molecule has 1 N–H and O–H groups in total. The molecule has 0 radical (unpaired) electrons. The van der Waals surface area contributed by atoms with Gasteiger partial charge in [0.05, 0.1) is 0 Å². The van der Waals surface area contributed by atoms with E-state index in [1.807, 2.05) is 7.05 Å². The predicted octanol–water partition coefficient (Wildman–Crippen LogP) is 2.32. The standard InChI is InChI=1S/C12H19N3O/c1-13-11-7-10(9-5-3-4-6-9)14-12(15-11)8-16-2/h7,9H,3-6,8H2,1-2H3,(H,13,14,15). The van der Waals surface area contributed by atoms with Gasteiger partial charge in [0.2, 0.25) is 0 Å². The van der Waals surface area contributed by atoms with E-state index in [1.54, 1.807) is 7.11 Å². The van der Waals surface area contributed by atoms with Gasteiger partial charge in [-0.3, -0.25) is 0 Å². The van der Waals surface area contributed by atoms with Crippen molar-refractivity contribution < 1.29 is 4.74 Å². The summed E-state index contributed by atoms with van der Waals surface area (Å²) in [6.07, 6.45) is 5.16. The highest BCUT2D eigenvalue weighted by atomic mass is 16.5. The molecule has 1 saturated carbocycles. The first-order valence-electron chi connectivity index (χ1n) is 5.88. The minimum atomic E-state index is 0.481. The molecular weight excluding hydrogens is 202 g/mol. The highest BCUT2D eigenvalue weighted by Crippen LogP contribution is 2.33. The number of aromatic nitrogens is 2. The van der Waals surface area contributed by atoms with Crippen molar-refractivity contribution in [3.05, 3.63) is 17.6 Å². The van der Waals surface area contributed by atoms with Crippen LogP contribution in [0.4, 0.5) is 5.82 Å². The minimum absolute atomic E-state index is 0.481. The number of hydrogen-bond acceptors (Lipinski definition) is 4. The number of ether oxygens (including phenoxy) is 1. The predicted molar refractivity (Wildman–Crippen MR) is 63.5 cm³/mol. The summed E-state index contributed by atoms with van der Waals surface area (Å²) in [6.45, 7) is 0.481. The number of hydrogen-bond donors (Lipinski definition) is 1. The lowest BCUT2D eigenvalue weighted by atomic mass is 10.0. The van der Waals surface area contributed by atoms with E-state index in [4.69, 9.17) is 4.74 Å². The maximum Gasteiger partial charge on any atom is 0.156 e. The van der Waals surface area contributed by atoms with E-state index in [9.17, 15) is 0 Å². The summed E-state index contributed by atoms with van der Waals surface area (Å²) in [4.78, 5) is 8.94. The SMILES string of the molecule is CNc1cc(C2CCCC2)nc(COC)n1. The molecule has 1 aliphatic rings. The van der Waals surface area contributed by atoms with Crippen LogP contribution in [-0.2, 0) is 11.3 Å². The second-order valence-electron chi connectivity index (χ2n) is 4.26. The summed E-state index contributed by atoms with van der Waals surface area (Å²) in [7, 11) is 3.56. The van der Waals surface area contributed by atoms with E-state index < -0.39 is 0 Å². The molecule has 1 aromatic heterocycles. The molecule has 1 heterocycles. The Labute approximate surface area is 96.4 Å². The van der Waals surface area contributed by atoms with Crippen LogP contribution < -0.4 is 5.32 Å². The normalized spacial score (nSPS) is 16.6. The Morgan fingerprint density at radius 2 is 2.12 bits per heavy atom. The lowest BCUT2D eigenvalue weighted by Gasteiger charge is -2.11. The zero-order valence-electron chi connectivity index (χ0n) is 9.99. The van der Waals surface area contributed by atoms with Crippen LogP contribution in [0.5, 0.6) is 0 Å². The Kier molecular flexibility index (Phi) is 3.72. The maximum absolute atomic E-state index is 5.09. The van der Waals surface area contributed by atoms with Gasteiger partial charge in [0.15, 0.2) is 5.82 Å². The van der Waals surface area contributed by atoms with E-state index >= 15 is 0 Å². The van der Waals surface area contributed by atoms with Gasteiger partial charge in [-0.25, -0.2) is 9.97 Å². The molecule has 1 fully saturated rings. The fraction of sp³-hybridized carbons (Fsp3) is 0.667. The van der Waals surface area contributed by atoms with Crippen LogP contribution in [0.25, 0.3) is 0 Å². The van der Waals surface area contributed by atoms with Gasteiger partial charge in [-0.05, 0) is 12.8 Å². The van der Waals surface area contributed by atoms with Crippen molar-refractivity contribution in [3.8, 4) is 0 Å². The van der Waals surface area contributed by atoms with Crippen LogP contribution >= 0.6 is 0 Å². The zero-order chi connectivity index (χ0) is 11.4. The van der Waals surface area contributed by atoms with Crippen molar-refractivity contribution in [2.75, 3.05) is 19.5 Å². The van der Waals surface area contributed by atoms with Gasteiger partial charge in [0.25, 0.3) is 0 Å². The van der Waals surface area contributed by atoms with E-state index in [0.717, 1.165) is 11.6 Å². The lowest BCUT2D eigenvalue weighted by molar-refractivity contribution is 0.177. The molecule has 0 unspecified atom stereocenters. The third-order valence-corrected chi connectivity index (χ3v) is 3.10. The third kappa shape index (κ3) is 2.50. The number of rotatable bonds is 4. The molecule has 0 aliphatic heterocycles. The lowest BCUT2D eigenvalue weighted by Crippen LogP contribution is -2.06. The van der Waals surface area contributed by atoms with Crippen molar-refractivity contribution in [3.63, 3.8) is 0 Å². The fourth-order valence-corrected chi connectivity index (χ4v) is 2.27. The highest BCUT2D eigenvalue weighted by molar-refractivity contribution is 5.36. The molecule has 0 atom stereocenters. The number of methoxy groups -OCH3 is 1. The monoisotopic (exact) mass is 221 g/mol. The molecule has 0 amide bonds. The second kappa shape index (κ2) is 5.25. The fourth-order valence-electron chi connectivity index (χ4n) is 2.27. The van der Waals surface area contributed by atoms with Crippen LogP contribution in [0.15, 0.2) is 6.07 Å². The topological polar surface area (TPSA) is 47.0 Å². The van der Waals surface area contributed by atoms with Crippen molar-refractivity contribution in [2.24, 2.45) is 0 Å². The number of nitrogens with zero attached hydrogens (tertiary/aromatic N) is 2. The number of anilines is 1. The Hall–Kier alpha value is -1.16. The smallest absolute Gasteiger partial charge is 0.156 e. The molecule has 0 spiro atoms. The first kappa shape index (κ1) is 11.3. The van der Waals surface area contributed by atoms with Crippen molar-refractivity contribution in [1.29, 1.82) is 0 Å². The van der Waals surface area contributed by atoms with Gasteiger partial charge in [-0.1, -0.05) is 12.8 Å². The molecule has 16 heavy (non-hydrogen) atoms. The molecule has 2 rings (SSSR count). The third-order valence-electron chi connectivity index (χ3n) is 3.10. The molecule has 4 nitrogen and oxygen atoms in total. The Morgan fingerprint density at radius 3 is 2.75 bits per heavy atom. The summed E-state index contributed by atoms with van der Waals surface area (Å²) in [5.41, 5.74) is 1.17. The van der Waals surface area contributed by atoms with Gasteiger partial charge in [0, 0.05) is 31.8 Å². The summed E-state index contributed by atoms with van der Waals surface area (Å²) >= 11 is 0. The molecule has 1 aliphatic carbocycles.